The van der Waals surface area contributed by atoms with Crippen molar-refractivity contribution in [1.29, 1.82) is 0 Å². The molecule has 1 nitrogen and oxygen atoms in total. The number of benzene rings is 3. The Bertz CT molecular complexity index is 966. The zero-order valence-electron chi connectivity index (χ0n) is 15.3. The van der Waals surface area contributed by atoms with Gasteiger partial charge in [0, 0.05) is 0 Å². The fourth-order valence-electron chi connectivity index (χ4n) is 3.03. The molecule has 0 unspecified atom stereocenters. The van der Waals surface area contributed by atoms with Crippen LogP contribution >= 0.6 is 12.2 Å². The second-order valence-corrected chi connectivity index (χ2v) is 6.71. The fraction of sp³-hybridized carbons (Fsp3) is 0.125. The van der Waals surface area contributed by atoms with Gasteiger partial charge in [-0.2, -0.15) is 4.99 Å². The summed E-state index contributed by atoms with van der Waals surface area (Å²) < 4.78 is 0. The molecule has 0 fully saturated rings. The standard InChI is InChI=1S/C24H21NS/c1-17-4-10-22(11-5-17)23-12-8-20(9-13-23)6-7-21-14-18(2)24(25-16-26)19(3)15-21/h4-15H,1-3H3/b7-6+. The minimum Gasteiger partial charge on any atom is -0.194 e. The molecule has 3 aromatic carbocycles. The Balaban J connectivity index is 1.81. The maximum Gasteiger partial charge on any atom is 0.0798 e. The molecule has 0 aromatic heterocycles. The smallest absolute Gasteiger partial charge is 0.0798 e. The highest BCUT2D eigenvalue weighted by molar-refractivity contribution is 7.78. The largest absolute Gasteiger partial charge is 0.194 e. The predicted molar refractivity (Wildman–Crippen MR) is 116 cm³/mol. The van der Waals surface area contributed by atoms with Crippen LogP contribution in [-0.4, -0.2) is 5.16 Å². The summed E-state index contributed by atoms with van der Waals surface area (Å²) in [5.41, 5.74) is 9.22. The molecular formula is C24H21NS. The van der Waals surface area contributed by atoms with E-state index in [4.69, 9.17) is 12.2 Å². The van der Waals surface area contributed by atoms with Crippen LogP contribution in [0.5, 0.6) is 0 Å². The van der Waals surface area contributed by atoms with Gasteiger partial charge in [0.25, 0.3) is 0 Å². The molecule has 2 heteroatoms. The van der Waals surface area contributed by atoms with Gasteiger partial charge in [0.05, 0.1) is 10.8 Å². The molecule has 26 heavy (non-hydrogen) atoms. The fourth-order valence-corrected chi connectivity index (χ4v) is 3.12. The van der Waals surface area contributed by atoms with E-state index in [1.54, 1.807) is 0 Å². The van der Waals surface area contributed by atoms with Crippen LogP contribution < -0.4 is 0 Å². The first kappa shape index (κ1) is 18.0. The second-order valence-electron chi connectivity index (χ2n) is 6.53. The van der Waals surface area contributed by atoms with Gasteiger partial charge in [-0.1, -0.05) is 66.2 Å². The molecular weight excluding hydrogens is 334 g/mol. The molecule has 0 aliphatic rings. The van der Waals surface area contributed by atoms with Gasteiger partial charge < -0.3 is 0 Å². The maximum atomic E-state index is 4.72. The van der Waals surface area contributed by atoms with Crippen molar-refractivity contribution in [3.63, 3.8) is 0 Å². The van der Waals surface area contributed by atoms with Crippen LogP contribution in [0.2, 0.25) is 0 Å². The van der Waals surface area contributed by atoms with E-state index in [2.05, 4.69) is 89.9 Å². The number of nitrogens with zero attached hydrogens (tertiary/aromatic N) is 1. The number of rotatable bonds is 4. The normalized spacial score (nSPS) is 10.7. The van der Waals surface area contributed by atoms with Gasteiger partial charge in [-0.05, 0) is 78.5 Å². The first-order chi connectivity index (χ1) is 12.6. The summed E-state index contributed by atoms with van der Waals surface area (Å²) in [6, 6.07) is 21.5. The summed E-state index contributed by atoms with van der Waals surface area (Å²) in [4.78, 5) is 4.15. The van der Waals surface area contributed by atoms with Crippen LogP contribution in [0.4, 0.5) is 5.69 Å². The van der Waals surface area contributed by atoms with Crippen molar-refractivity contribution in [3.05, 3.63) is 88.5 Å². The summed E-state index contributed by atoms with van der Waals surface area (Å²) >= 11 is 4.72. The van der Waals surface area contributed by atoms with E-state index in [1.165, 1.54) is 22.3 Å². The van der Waals surface area contributed by atoms with E-state index in [0.717, 1.165) is 22.4 Å². The Morgan fingerprint density at radius 2 is 1.23 bits per heavy atom. The molecule has 0 spiro atoms. The Labute approximate surface area is 160 Å². The molecule has 0 N–H and O–H groups in total. The van der Waals surface area contributed by atoms with Crippen LogP contribution in [0, 0.1) is 20.8 Å². The predicted octanol–water partition coefficient (Wildman–Crippen LogP) is 7.18. The number of hydrogen-bond acceptors (Lipinski definition) is 2. The number of thiocarbonyl (C=S) groups is 1. The van der Waals surface area contributed by atoms with Crippen LogP contribution in [0.25, 0.3) is 23.3 Å². The lowest BCUT2D eigenvalue weighted by Gasteiger charge is -2.06. The lowest BCUT2D eigenvalue weighted by atomic mass is 10.0. The van der Waals surface area contributed by atoms with Crippen molar-refractivity contribution >= 4 is 35.2 Å². The Hall–Kier alpha value is -2.80. The average molecular weight is 356 g/mol. The number of isothiocyanates is 1. The van der Waals surface area contributed by atoms with Gasteiger partial charge in [-0.25, -0.2) is 0 Å². The quantitative estimate of drug-likeness (QED) is 0.274. The summed E-state index contributed by atoms with van der Waals surface area (Å²) in [6.07, 6.45) is 4.26. The van der Waals surface area contributed by atoms with Gasteiger partial charge in [-0.3, -0.25) is 0 Å². The number of hydrogen-bond donors (Lipinski definition) is 0. The summed E-state index contributed by atoms with van der Waals surface area (Å²) in [5.74, 6) is 0. The molecule has 3 aromatic rings. The monoisotopic (exact) mass is 355 g/mol. The van der Waals surface area contributed by atoms with Crippen molar-refractivity contribution in [2.24, 2.45) is 4.99 Å². The van der Waals surface area contributed by atoms with Crippen molar-refractivity contribution in [2.45, 2.75) is 20.8 Å². The van der Waals surface area contributed by atoms with E-state index in [0.29, 0.717) is 0 Å². The third-order valence-corrected chi connectivity index (χ3v) is 4.53. The molecule has 0 heterocycles. The van der Waals surface area contributed by atoms with Gasteiger partial charge in [0.2, 0.25) is 0 Å². The van der Waals surface area contributed by atoms with Gasteiger partial charge in [-0.15, -0.1) is 0 Å². The summed E-state index contributed by atoms with van der Waals surface area (Å²) in [6.45, 7) is 6.20. The van der Waals surface area contributed by atoms with Crippen LogP contribution in [-0.2, 0) is 0 Å². The minimum absolute atomic E-state index is 0.916. The first-order valence-corrected chi connectivity index (χ1v) is 9.02. The molecule has 0 radical (unpaired) electrons. The van der Waals surface area contributed by atoms with E-state index >= 15 is 0 Å². The lowest BCUT2D eigenvalue weighted by molar-refractivity contribution is 1.33. The van der Waals surface area contributed by atoms with E-state index in [1.807, 2.05) is 13.8 Å². The summed E-state index contributed by atoms with van der Waals surface area (Å²) in [5, 5.41) is 2.46. The highest BCUT2D eigenvalue weighted by Gasteiger charge is 2.02. The average Bonchev–Trinajstić information content (AvgIpc) is 2.64. The molecule has 0 saturated heterocycles. The molecule has 128 valence electrons. The highest BCUT2D eigenvalue weighted by Crippen LogP contribution is 2.26. The van der Waals surface area contributed by atoms with E-state index < -0.39 is 0 Å². The number of aliphatic imine (C=N–C) groups is 1. The molecule has 0 amide bonds. The third-order valence-electron chi connectivity index (χ3n) is 4.43. The SMILES string of the molecule is Cc1ccc(-c2ccc(/C=C/c3cc(C)c(N=C=S)c(C)c3)cc2)cc1. The molecule has 0 saturated carbocycles. The van der Waals surface area contributed by atoms with E-state index in [9.17, 15) is 0 Å². The molecule has 0 atom stereocenters. The molecule has 3 rings (SSSR count). The zero-order chi connectivity index (χ0) is 18.5. The maximum absolute atomic E-state index is 4.72. The Kier molecular flexibility index (Phi) is 5.58. The van der Waals surface area contributed by atoms with E-state index in [-0.39, 0.29) is 0 Å². The second kappa shape index (κ2) is 8.05. The van der Waals surface area contributed by atoms with Gasteiger partial charge in [0.15, 0.2) is 0 Å². The van der Waals surface area contributed by atoms with Gasteiger partial charge in [0.1, 0.15) is 0 Å². The molecule has 0 bridgehead atoms. The third kappa shape index (κ3) is 4.23. The highest BCUT2D eigenvalue weighted by atomic mass is 32.1. The van der Waals surface area contributed by atoms with Crippen molar-refractivity contribution in [3.8, 4) is 11.1 Å². The van der Waals surface area contributed by atoms with Crippen LogP contribution in [0.15, 0.2) is 65.7 Å². The van der Waals surface area contributed by atoms with Crippen molar-refractivity contribution in [2.75, 3.05) is 0 Å². The Morgan fingerprint density at radius 3 is 1.77 bits per heavy atom. The zero-order valence-corrected chi connectivity index (χ0v) is 16.1. The number of aryl methyl sites for hydroxylation is 3. The minimum atomic E-state index is 0.916. The van der Waals surface area contributed by atoms with Crippen molar-refractivity contribution in [1.82, 2.24) is 0 Å². The summed E-state index contributed by atoms with van der Waals surface area (Å²) in [7, 11) is 0. The van der Waals surface area contributed by atoms with Gasteiger partial charge >= 0.3 is 0 Å². The first-order valence-electron chi connectivity index (χ1n) is 8.61. The van der Waals surface area contributed by atoms with Crippen LogP contribution in [0.3, 0.4) is 0 Å². The topological polar surface area (TPSA) is 12.4 Å². The lowest BCUT2D eigenvalue weighted by Crippen LogP contribution is -1.83. The molecule has 0 aliphatic heterocycles. The van der Waals surface area contributed by atoms with Crippen molar-refractivity contribution < 1.29 is 0 Å². The Morgan fingerprint density at radius 1 is 0.731 bits per heavy atom. The van der Waals surface area contributed by atoms with Crippen LogP contribution in [0.1, 0.15) is 27.8 Å². The molecule has 0 aliphatic carbocycles.